The van der Waals surface area contributed by atoms with Crippen molar-refractivity contribution in [3.05, 3.63) is 80.8 Å². The first kappa shape index (κ1) is 27.1. The van der Waals surface area contributed by atoms with Crippen LogP contribution in [0.2, 0.25) is 15.1 Å². The summed E-state index contributed by atoms with van der Waals surface area (Å²) in [5.74, 6) is -0.923. The smallest absolute Gasteiger partial charge is 0.329 e. The van der Waals surface area contributed by atoms with Crippen molar-refractivity contribution >= 4 is 64.4 Å². The fourth-order valence-electron chi connectivity index (χ4n) is 3.21. The molecule has 0 aliphatic carbocycles. The number of benzene rings is 3. The van der Waals surface area contributed by atoms with Crippen LogP contribution in [-0.2, 0) is 20.9 Å². The molecule has 0 aromatic heterocycles. The first-order chi connectivity index (χ1) is 18.3. The predicted octanol–water partition coefficient (Wildman–Crippen LogP) is 4.16. The Balaban J connectivity index is 1.29. The number of nitrogens with one attached hydrogen (secondary N) is 3. The highest BCUT2D eigenvalue weighted by Gasteiger charge is 2.16. The molecule has 0 saturated carbocycles. The Kier molecular flexibility index (Phi) is 8.90. The van der Waals surface area contributed by atoms with Gasteiger partial charge in [0.25, 0.3) is 5.91 Å². The second-order valence-electron chi connectivity index (χ2n) is 7.69. The quantitative estimate of drug-likeness (QED) is 0.210. The number of amides is 3. The normalized spacial score (nSPS) is 11.8. The molecule has 0 fully saturated rings. The average Bonchev–Trinajstić information content (AvgIpc) is 3.37. The molecule has 3 amide bonds. The zero-order valence-corrected chi connectivity index (χ0v) is 21.7. The van der Waals surface area contributed by atoms with Crippen LogP contribution in [0.25, 0.3) is 0 Å². The molecule has 3 N–H and O–H groups in total. The van der Waals surface area contributed by atoms with E-state index >= 15 is 0 Å². The summed E-state index contributed by atoms with van der Waals surface area (Å²) < 4.78 is 16.1. The number of ether oxygens (including phenoxy) is 3. The van der Waals surface area contributed by atoms with Crippen molar-refractivity contribution < 1.29 is 28.6 Å². The number of halogens is 3. The van der Waals surface area contributed by atoms with Gasteiger partial charge in [-0.1, -0.05) is 46.9 Å². The van der Waals surface area contributed by atoms with Crippen LogP contribution in [0.5, 0.6) is 17.2 Å². The van der Waals surface area contributed by atoms with Crippen molar-refractivity contribution in [1.82, 2.24) is 10.7 Å². The lowest BCUT2D eigenvalue weighted by Crippen LogP contribution is -2.37. The fraction of sp³-hybridized carbons (Fsp3) is 0.120. The van der Waals surface area contributed by atoms with Gasteiger partial charge in [-0.05, 0) is 48.0 Å². The number of hydrazone groups is 1. The summed E-state index contributed by atoms with van der Waals surface area (Å²) in [6.45, 7) is -0.128. The third-order valence-electron chi connectivity index (χ3n) is 5.02. The Labute approximate surface area is 231 Å². The van der Waals surface area contributed by atoms with Gasteiger partial charge < -0.3 is 24.8 Å². The van der Waals surface area contributed by atoms with E-state index in [0.29, 0.717) is 32.8 Å². The number of anilines is 1. The molecule has 0 radical (unpaired) electrons. The second-order valence-corrected chi connectivity index (χ2v) is 8.91. The first-order valence-electron chi connectivity index (χ1n) is 11.0. The average molecular weight is 578 g/mol. The topological polar surface area (TPSA) is 127 Å². The number of hydrogen-bond acceptors (Lipinski definition) is 7. The number of hydrogen-bond donors (Lipinski definition) is 3. The van der Waals surface area contributed by atoms with Gasteiger partial charge in [0.05, 0.1) is 21.9 Å². The van der Waals surface area contributed by atoms with Crippen LogP contribution in [0.3, 0.4) is 0 Å². The van der Waals surface area contributed by atoms with E-state index in [0.717, 1.165) is 5.56 Å². The van der Waals surface area contributed by atoms with Gasteiger partial charge in [0.2, 0.25) is 6.79 Å². The zero-order valence-electron chi connectivity index (χ0n) is 19.4. The van der Waals surface area contributed by atoms with Crippen LogP contribution in [0, 0.1) is 0 Å². The monoisotopic (exact) mass is 576 g/mol. The van der Waals surface area contributed by atoms with Gasteiger partial charge in [-0.2, -0.15) is 5.10 Å². The minimum Gasteiger partial charge on any atom is -0.483 e. The van der Waals surface area contributed by atoms with Gasteiger partial charge in [-0.3, -0.25) is 14.4 Å². The molecule has 3 aromatic carbocycles. The van der Waals surface area contributed by atoms with Gasteiger partial charge in [0, 0.05) is 17.1 Å². The van der Waals surface area contributed by atoms with E-state index in [-0.39, 0.29) is 30.7 Å². The van der Waals surface area contributed by atoms with Crippen LogP contribution in [0.1, 0.15) is 11.1 Å². The van der Waals surface area contributed by atoms with Crippen molar-refractivity contribution in [2.45, 2.75) is 6.54 Å². The van der Waals surface area contributed by atoms with Crippen molar-refractivity contribution in [2.75, 3.05) is 18.7 Å². The number of fused-ring (bicyclic) bond motifs is 1. The van der Waals surface area contributed by atoms with Crippen molar-refractivity contribution in [2.24, 2.45) is 5.10 Å². The second kappa shape index (κ2) is 12.5. The number of carbonyl (C=O) groups is 3. The van der Waals surface area contributed by atoms with E-state index in [1.54, 1.807) is 42.5 Å². The number of carbonyl (C=O) groups excluding carboxylic acids is 3. The molecule has 0 unspecified atom stereocenters. The van der Waals surface area contributed by atoms with Crippen LogP contribution in [0.15, 0.2) is 59.7 Å². The molecule has 4 rings (SSSR count). The molecule has 0 spiro atoms. The molecule has 38 heavy (non-hydrogen) atoms. The maximum Gasteiger partial charge on any atom is 0.329 e. The summed E-state index contributed by atoms with van der Waals surface area (Å²) in [6, 6.07) is 14.6. The fourth-order valence-corrected chi connectivity index (χ4v) is 3.73. The third-order valence-corrected chi connectivity index (χ3v) is 6.08. The van der Waals surface area contributed by atoms with E-state index < -0.39 is 17.7 Å². The SMILES string of the molecule is O=C(COc1ccc(Cl)cc1/C=N\NC(=O)C(=O)NCc1ccc2c(c1)OCO2)Nc1cccc(Cl)c1Cl. The summed E-state index contributed by atoms with van der Waals surface area (Å²) in [5.41, 5.74) is 3.55. The van der Waals surface area contributed by atoms with Crippen molar-refractivity contribution in [3.63, 3.8) is 0 Å². The third kappa shape index (κ3) is 7.06. The summed E-state index contributed by atoms with van der Waals surface area (Å²) >= 11 is 18.1. The van der Waals surface area contributed by atoms with Crippen molar-refractivity contribution in [3.8, 4) is 17.2 Å². The van der Waals surface area contributed by atoms with Gasteiger partial charge in [0.1, 0.15) is 5.75 Å². The molecule has 0 atom stereocenters. The molecule has 13 heteroatoms. The number of rotatable bonds is 8. The highest BCUT2D eigenvalue weighted by Crippen LogP contribution is 2.32. The minimum atomic E-state index is -0.982. The highest BCUT2D eigenvalue weighted by atomic mass is 35.5. The Morgan fingerprint density at radius 2 is 1.79 bits per heavy atom. The summed E-state index contributed by atoms with van der Waals surface area (Å²) in [5, 5.41) is 9.75. The van der Waals surface area contributed by atoms with Gasteiger partial charge in [0.15, 0.2) is 18.1 Å². The molecule has 3 aromatic rings. The Morgan fingerprint density at radius 1 is 0.974 bits per heavy atom. The van der Waals surface area contributed by atoms with E-state index in [1.807, 2.05) is 0 Å². The predicted molar refractivity (Wildman–Crippen MR) is 142 cm³/mol. The Bertz CT molecular complexity index is 1420. The number of nitrogens with zero attached hydrogens (tertiary/aromatic N) is 1. The lowest BCUT2D eigenvalue weighted by Gasteiger charge is -2.11. The van der Waals surface area contributed by atoms with E-state index in [1.165, 1.54) is 18.3 Å². The standard InChI is InChI=1S/C25H19Cl3N4O6/c26-16-5-7-19(36-12-22(33)31-18-3-1-2-17(27)23(18)28)15(9-16)11-30-32-25(35)24(34)29-10-14-4-6-20-21(8-14)38-13-37-20/h1-9,11H,10,12-13H2,(H,29,34)(H,31,33)(H,32,35)/b30-11-. The molecular weight excluding hydrogens is 559 g/mol. The Hall–Kier alpha value is -3.99. The van der Waals surface area contributed by atoms with Gasteiger partial charge >= 0.3 is 11.8 Å². The Morgan fingerprint density at radius 3 is 2.63 bits per heavy atom. The molecule has 0 bridgehead atoms. The van der Waals surface area contributed by atoms with Crippen LogP contribution >= 0.6 is 34.8 Å². The lowest BCUT2D eigenvalue weighted by atomic mass is 10.2. The van der Waals surface area contributed by atoms with Crippen LogP contribution in [0.4, 0.5) is 5.69 Å². The van der Waals surface area contributed by atoms with E-state index in [2.05, 4.69) is 21.2 Å². The molecule has 0 saturated heterocycles. The summed E-state index contributed by atoms with van der Waals surface area (Å²) in [4.78, 5) is 36.6. The molecule has 10 nitrogen and oxygen atoms in total. The highest BCUT2D eigenvalue weighted by molar-refractivity contribution is 6.44. The van der Waals surface area contributed by atoms with Gasteiger partial charge in [-0.15, -0.1) is 0 Å². The van der Waals surface area contributed by atoms with Gasteiger partial charge in [-0.25, -0.2) is 5.43 Å². The molecule has 1 heterocycles. The lowest BCUT2D eigenvalue weighted by molar-refractivity contribution is -0.139. The maximum absolute atomic E-state index is 12.3. The van der Waals surface area contributed by atoms with Crippen LogP contribution in [-0.4, -0.2) is 37.3 Å². The van der Waals surface area contributed by atoms with E-state index in [9.17, 15) is 14.4 Å². The van der Waals surface area contributed by atoms with E-state index in [4.69, 9.17) is 49.0 Å². The van der Waals surface area contributed by atoms with Crippen LogP contribution < -0.4 is 30.3 Å². The first-order valence-corrected chi connectivity index (χ1v) is 12.1. The molecule has 196 valence electrons. The minimum absolute atomic E-state index is 0.0986. The molecule has 1 aliphatic rings. The summed E-state index contributed by atoms with van der Waals surface area (Å²) in [6.07, 6.45) is 1.23. The molecular formula is C25H19Cl3N4O6. The largest absolute Gasteiger partial charge is 0.483 e. The van der Waals surface area contributed by atoms with Crippen molar-refractivity contribution in [1.29, 1.82) is 0 Å². The molecule has 1 aliphatic heterocycles. The summed E-state index contributed by atoms with van der Waals surface area (Å²) in [7, 11) is 0. The maximum atomic E-state index is 12.3. The zero-order chi connectivity index (χ0) is 27.1.